The summed E-state index contributed by atoms with van der Waals surface area (Å²) >= 11 is 0. The maximum absolute atomic E-state index is 13.0. The van der Waals surface area contributed by atoms with Crippen molar-refractivity contribution in [2.45, 2.75) is 83.8 Å². The Morgan fingerprint density at radius 2 is 1.94 bits per heavy atom. The molecule has 1 aliphatic heterocycles. The highest BCUT2D eigenvalue weighted by Gasteiger charge is 2.45. The van der Waals surface area contributed by atoms with Crippen molar-refractivity contribution in [1.82, 2.24) is 29.8 Å². The molecule has 270 valence electrons. The van der Waals surface area contributed by atoms with Gasteiger partial charge in [-0.25, -0.2) is 18.1 Å². The van der Waals surface area contributed by atoms with Crippen molar-refractivity contribution in [1.29, 1.82) is 5.26 Å². The molecule has 5 N–H and O–H groups in total. The second-order valence-corrected chi connectivity index (χ2v) is 13.3. The lowest BCUT2D eigenvalue weighted by Gasteiger charge is -2.45. The van der Waals surface area contributed by atoms with Gasteiger partial charge in [0.25, 0.3) is 11.5 Å². The number of halogens is 3. The average Bonchev–Trinajstić information content (AvgIpc) is 3.29. The molecule has 2 heterocycles. The highest BCUT2D eigenvalue weighted by atomic mass is 32.2. The number of carbonyl (C=O) groups excluding carboxylic acids is 1. The molecular formula is C31H50F3N9O4S. The lowest BCUT2D eigenvalue weighted by Crippen LogP contribution is -2.57. The van der Waals surface area contributed by atoms with E-state index < -0.39 is 40.1 Å². The highest BCUT2D eigenvalue weighted by Crippen LogP contribution is 2.24. The minimum absolute atomic E-state index is 0.0724. The number of aromatic nitrogens is 2. The molecule has 1 saturated heterocycles. The first kappa shape index (κ1) is 40.7. The van der Waals surface area contributed by atoms with E-state index >= 15 is 0 Å². The Labute approximate surface area is 281 Å². The summed E-state index contributed by atoms with van der Waals surface area (Å²) in [6.07, 6.45) is 9.60. The number of hydrogen-bond donors (Lipinski definition) is 4. The smallest absolute Gasteiger partial charge is 0.382 e. The summed E-state index contributed by atoms with van der Waals surface area (Å²) in [7, 11) is -3.43. The van der Waals surface area contributed by atoms with Crippen LogP contribution in [0.15, 0.2) is 28.1 Å². The lowest BCUT2D eigenvalue weighted by molar-refractivity contribution is -0.0447. The number of alkyl halides is 3. The summed E-state index contributed by atoms with van der Waals surface area (Å²) in [5.74, 6) is -1.11. The minimum Gasteiger partial charge on any atom is -0.382 e. The number of sulfonamides is 1. The Morgan fingerprint density at radius 3 is 2.56 bits per heavy atom. The number of allylic oxidation sites excluding steroid dienone is 3. The molecule has 2 aliphatic rings. The molecule has 1 aliphatic carbocycles. The number of nitrogens with two attached hydrogens (primary N) is 1. The predicted molar refractivity (Wildman–Crippen MR) is 181 cm³/mol. The van der Waals surface area contributed by atoms with Gasteiger partial charge in [0.2, 0.25) is 0 Å². The van der Waals surface area contributed by atoms with Crippen LogP contribution in [0.1, 0.15) is 76.7 Å². The number of aromatic amines is 1. The fourth-order valence-electron chi connectivity index (χ4n) is 5.79. The van der Waals surface area contributed by atoms with Gasteiger partial charge in [0, 0.05) is 56.9 Å². The third-order valence-electron chi connectivity index (χ3n) is 8.32. The maximum Gasteiger partial charge on any atom is 0.511 e. The molecule has 1 aromatic rings. The summed E-state index contributed by atoms with van der Waals surface area (Å²) in [6.45, 7) is 10.6. The lowest BCUT2D eigenvalue weighted by atomic mass is 10.0. The minimum atomic E-state index is -5.55. The van der Waals surface area contributed by atoms with Gasteiger partial charge in [-0.15, -0.1) is 0 Å². The van der Waals surface area contributed by atoms with Gasteiger partial charge in [0.1, 0.15) is 5.69 Å². The molecule has 0 spiro atoms. The van der Waals surface area contributed by atoms with E-state index in [1.807, 2.05) is 24.8 Å². The van der Waals surface area contributed by atoms with Gasteiger partial charge >= 0.3 is 15.5 Å². The number of hydrogen-bond acceptors (Lipinski definition) is 10. The monoisotopic (exact) mass is 701 g/mol. The number of amides is 1. The van der Waals surface area contributed by atoms with E-state index in [1.165, 1.54) is 10.3 Å². The summed E-state index contributed by atoms with van der Waals surface area (Å²) in [6, 6.07) is 2.74. The van der Waals surface area contributed by atoms with Crippen molar-refractivity contribution in [2.75, 3.05) is 63.5 Å². The van der Waals surface area contributed by atoms with Gasteiger partial charge in [-0.2, -0.15) is 18.4 Å². The van der Waals surface area contributed by atoms with Gasteiger partial charge in [0.15, 0.2) is 11.6 Å². The van der Waals surface area contributed by atoms with Gasteiger partial charge in [0.05, 0.1) is 6.07 Å². The number of rotatable bonds is 14. The molecule has 13 nitrogen and oxygen atoms in total. The number of nitrogens with zero attached hydrogens (tertiary/aromatic N) is 5. The van der Waals surface area contributed by atoms with Crippen LogP contribution in [0.3, 0.4) is 0 Å². The number of H-pyrrole nitrogens is 1. The summed E-state index contributed by atoms with van der Waals surface area (Å²) < 4.78 is 60.8. The number of likely N-dealkylation sites (N-methyl/N-ethyl adjacent to an activating group) is 1. The topological polar surface area (TPSA) is 181 Å². The largest absolute Gasteiger partial charge is 0.511 e. The van der Waals surface area contributed by atoms with Crippen LogP contribution in [-0.4, -0.2) is 105 Å². The fraction of sp³-hybridized carbons (Fsp3) is 0.677. The van der Waals surface area contributed by atoms with Crippen molar-refractivity contribution >= 4 is 27.6 Å². The zero-order valence-corrected chi connectivity index (χ0v) is 29.3. The van der Waals surface area contributed by atoms with Crippen LogP contribution in [0.5, 0.6) is 0 Å². The van der Waals surface area contributed by atoms with Gasteiger partial charge in [-0.1, -0.05) is 39.3 Å². The number of carbonyl (C=O) groups is 1. The SMILES string of the molecule is CC.CCC(CCN(C)CC1=CC=C(C#N)CCC1)N1CCN(c2nc(N)c(C(=O)NCCNS(=O)(=O)C(F)(F)F)[nH]c2=O)CC1CC. The molecule has 1 amide bonds. The molecule has 3 rings (SSSR count). The zero-order chi connectivity index (χ0) is 36.1. The van der Waals surface area contributed by atoms with E-state index in [-0.39, 0.29) is 23.4 Å². The molecule has 17 heteroatoms. The van der Waals surface area contributed by atoms with E-state index in [2.05, 4.69) is 58.1 Å². The van der Waals surface area contributed by atoms with E-state index in [9.17, 15) is 36.4 Å². The summed E-state index contributed by atoms with van der Waals surface area (Å²) in [5, 5.41) is 11.4. The first-order valence-corrected chi connectivity index (χ1v) is 17.9. The standard InChI is InChI=1S/C29H44F3N9O4S.C2H6/c1-4-22(11-14-39(3)18-21-8-6-7-20(17-33)9-10-21)41-16-15-40(19-23(41)5-2)26-28(43)37-24(25(34)38-26)27(42)35-12-13-36-46(44,45)29(30,31)32;1-2/h9-10,22-23,36H,4-8,11-16,18-19H2,1-3H3,(H2,34,38)(H,35,42)(H,37,43);1-2H3. The van der Waals surface area contributed by atoms with Crippen LogP contribution < -0.4 is 26.2 Å². The Kier molecular flexibility index (Phi) is 16.0. The first-order valence-electron chi connectivity index (χ1n) is 16.4. The molecule has 0 saturated carbocycles. The third-order valence-corrected chi connectivity index (χ3v) is 9.52. The molecule has 48 heavy (non-hydrogen) atoms. The quantitative estimate of drug-likeness (QED) is 0.211. The number of nitrogens with one attached hydrogen (secondary N) is 3. The van der Waals surface area contributed by atoms with E-state index in [0.29, 0.717) is 25.7 Å². The maximum atomic E-state index is 13.0. The van der Waals surface area contributed by atoms with Crippen molar-refractivity contribution in [3.63, 3.8) is 0 Å². The predicted octanol–water partition coefficient (Wildman–Crippen LogP) is 3.11. The van der Waals surface area contributed by atoms with Crippen LogP contribution in [0.2, 0.25) is 0 Å². The Hall–Kier alpha value is -3.46. The average molecular weight is 702 g/mol. The molecular weight excluding hydrogens is 651 g/mol. The molecule has 0 aromatic carbocycles. The van der Waals surface area contributed by atoms with Crippen LogP contribution in [0.25, 0.3) is 0 Å². The fourth-order valence-corrected chi connectivity index (χ4v) is 6.33. The van der Waals surface area contributed by atoms with Crippen molar-refractivity contribution < 1.29 is 26.4 Å². The van der Waals surface area contributed by atoms with E-state index in [4.69, 9.17) is 5.73 Å². The third kappa shape index (κ3) is 11.3. The van der Waals surface area contributed by atoms with Gasteiger partial charge in [-0.05, 0) is 58.2 Å². The van der Waals surface area contributed by atoms with Crippen LogP contribution >= 0.6 is 0 Å². The first-order chi connectivity index (χ1) is 22.7. The second-order valence-electron chi connectivity index (χ2n) is 11.6. The summed E-state index contributed by atoms with van der Waals surface area (Å²) in [5.41, 5.74) is 1.66. The van der Waals surface area contributed by atoms with Crippen LogP contribution in [0.4, 0.5) is 24.8 Å². The number of nitrogen functional groups attached to an aromatic ring is 1. The number of anilines is 2. The van der Waals surface area contributed by atoms with Gasteiger partial charge < -0.3 is 25.8 Å². The van der Waals surface area contributed by atoms with E-state index in [0.717, 1.165) is 57.2 Å². The Morgan fingerprint density at radius 1 is 1.23 bits per heavy atom. The van der Waals surface area contributed by atoms with Crippen molar-refractivity contribution in [3.8, 4) is 6.07 Å². The molecule has 2 atom stereocenters. The van der Waals surface area contributed by atoms with Crippen molar-refractivity contribution in [2.24, 2.45) is 0 Å². The molecule has 2 unspecified atom stereocenters. The zero-order valence-electron chi connectivity index (χ0n) is 28.5. The van der Waals surface area contributed by atoms with Crippen LogP contribution in [0, 0.1) is 11.3 Å². The number of piperazine rings is 1. The highest BCUT2D eigenvalue weighted by molar-refractivity contribution is 7.90. The summed E-state index contributed by atoms with van der Waals surface area (Å²) in [4.78, 5) is 38.7. The molecule has 0 radical (unpaired) electrons. The normalized spacial score (nSPS) is 18.2. The molecule has 1 fully saturated rings. The molecule has 0 bridgehead atoms. The van der Waals surface area contributed by atoms with Crippen LogP contribution in [-0.2, 0) is 10.0 Å². The Balaban J connectivity index is 0.00000392. The van der Waals surface area contributed by atoms with E-state index in [1.54, 1.807) is 0 Å². The Bertz CT molecular complexity index is 1490. The second kappa shape index (κ2) is 18.9. The molecule has 1 aromatic heterocycles. The van der Waals surface area contributed by atoms with Gasteiger partial charge in [-0.3, -0.25) is 14.5 Å². The van der Waals surface area contributed by atoms with Crippen molar-refractivity contribution in [3.05, 3.63) is 39.3 Å². The number of nitriles is 1.